The lowest BCUT2D eigenvalue weighted by molar-refractivity contribution is -0.138. The molecule has 0 radical (unpaired) electrons. The number of carbonyl (C=O) groups excluding carboxylic acids is 2. The standard InChI is InChI=1S/2C20H11F3N8O2S.C8H5F3O2.C7H5BrN4S/c2*21-20(22,23)12-5-3-11(4-6-12)18(32)27-19-26-16(29-34-19)15-10-13(7-9-24-15)33-31-17-14(28-30-31)2-1-8-25-17;9-8(10,11)6-3-1-5(2-4-6)7(12)13;8-4-1-2-10-5(3-4)6-11-7(9)13-12-6/h2*1-10H,(H,26,27,29,32);1-4H,(H,12,13);1-3H,(H2,9,11,12). The monoisotopic (exact) mass is 1410 g/mol. The van der Waals surface area contributed by atoms with Crippen LogP contribution in [0.2, 0.25) is 0 Å². The fourth-order valence-corrected chi connectivity index (χ4v) is 9.30. The summed E-state index contributed by atoms with van der Waals surface area (Å²) in [6.07, 6.45) is -5.55. The van der Waals surface area contributed by atoms with Gasteiger partial charge in [0.25, 0.3) is 11.8 Å². The zero-order valence-corrected chi connectivity index (χ0v) is 50.3. The van der Waals surface area contributed by atoms with Crippen LogP contribution < -0.4 is 26.0 Å². The van der Waals surface area contributed by atoms with E-state index in [4.69, 9.17) is 20.5 Å². The number of nitrogens with two attached hydrogens (primary N) is 1. The summed E-state index contributed by atoms with van der Waals surface area (Å²) in [5.41, 5.74) is 6.30. The highest BCUT2D eigenvalue weighted by molar-refractivity contribution is 9.10. The molecular formula is C55H32BrF9N20O6S3. The third-order valence-corrected chi connectivity index (χ3v) is 14.1. The van der Waals surface area contributed by atoms with Gasteiger partial charge in [0, 0.05) is 105 Å². The number of aromatic nitrogens is 17. The van der Waals surface area contributed by atoms with E-state index in [1.165, 1.54) is 33.6 Å². The highest BCUT2D eigenvalue weighted by Gasteiger charge is 2.32. The fourth-order valence-electron chi connectivity index (χ4n) is 7.38. The summed E-state index contributed by atoms with van der Waals surface area (Å²) in [5, 5.41) is 29.9. The Balaban J connectivity index is 0.000000150. The molecule has 13 rings (SSSR count). The van der Waals surface area contributed by atoms with Crippen molar-refractivity contribution in [2.45, 2.75) is 18.5 Å². The zero-order valence-electron chi connectivity index (χ0n) is 46.3. The number of hydrogen-bond acceptors (Lipinski definition) is 24. The van der Waals surface area contributed by atoms with Gasteiger partial charge in [-0.25, -0.2) is 14.8 Å². The number of nitrogens with zero attached hydrogens (tertiary/aromatic N) is 17. The van der Waals surface area contributed by atoms with Crippen molar-refractivity contribution in [3.63, 3.8) is 0 Å². The number of anilines is 3. The molecular weight excluding hydrogens is 1380 g/mol. The molecule has 0 bridgehead atoms. The van der Waals surface area contributed by atoms with Crippen molar-refractivity contribution < 1.29 is 68.7 Å². The molecule has 5 N–H and O–H groups in total. The molecule has 0 saturated carbocycles. The number of pyridine rings is 5. The van der Waals surface area contributed by atoms with Crippen LogP contribution >= 0.6 is 50.5 Å². The summed E-state index contributed by atoms with van der Waals surface area (Å²) < 4.78 is 125. The quantitative estimate of drug-likeness (QED) is 0.0825. The van der Waals surface area contributed by atoms with Gasteiger partial charge in [0.1, 0.15) is 28.1 Å². The maximum Gasteiger partial charge on any atom is 0.416 e. The zero-order chi connectivity index (χ0) is 66.7. The van der Waals surface area contributed by atoms with E-state index >= 15 is 0 Å². The van der Waals surface area contributed by atoms with Gasteiger partial charge in [-0.2, -0.15) is 67.6 Å². The van der Waals surface area contributed by atoms with E-state index in [0.29, 0.717) is 56.2 Å². The molecule has 0 aliphatic carbocycles. The van der Waals surface area contributed by atoms with E-state index in [9.17, 15) is 53.9 Å². The number of halogens is 10. The van der Waals surface area contributed by atoms with Gasteiger partial charge in [0.2, 0.25) is 21.6 Å². The van der Waals surface area contributed by atoms with Crippen molar-refractivity contribution in [3.05, 3.63) is 202 Å². The van der Waals surface area contributed by atoms with Crippen LogP contribution in [0, 0.1) is 0 Å². The molecule has 10 aromatic heterocycles. The first-order chi connectivity index (χ1) is 44.9. The molecule has 0 atom stereocenters. The summed E-state index contributed by atoms with van der Waals surface area (Å²) in [4.78, 5) is 82.0. The van der Waals surface area contributed by atoms with Crippen molar-refractivity contribution in [1.29, 1.82) is 0 Å². The molecule has 0 unspecified atom stereocenters. The van der Waals surface area contributed by atoms with E-state index in [1.807, 2.05) is 12.1 Å². The molecule has 3 aromatic carbocycles. The van der Waals surface area contributed by atoms with E-state index < -0.39 is 53.0 Å². The average Bonchev–Trinajstić information content (AvgIpc) is 1.67. The second-order valence-corrected chi connectivity index (χ2v) is 21.4. The Morgan fingerprint density at radius 1 is 0.479 bits per heavy atom. The van der Waals surface area contributed by atoms with Crippen molar-refractivity contribution in [2.24, 2.45) is 0 Å². The number of carboxylic acids is 1. The Kier molecular flexibility index (Phi) is 19.8. The summed E-state index contributed by atoms with van der Waals surface area (Å²) >= 11 is 6.30. The first-order valence-electron chi connectivity index (χ1n) is 25.8. The molecule has 476 valence electrons. The molecule has 0 fully saturated rings. The van der Waals surface area contributed by atoms with E-state index in [0.717, 1.165) is 106 Å². The summed E-state index contributed by atoms with van der Waals surface area (Å²) in [7, 11) is 0. The minimum absolute atomic E-state index is 0.0481. The van der Waals surface area contributed by atoms with Crippen LogP contribution in [0.25, 0.3) is 56.9 Å². The van der Waals surface area contributed by atoms with Crippen LogP contribution in [-0.2, 0) is 18.5 Å². The van der Waals surface area contributed by atoms with Gasteiger partial charge < -0.3 is 20.5 Å². The molecule has 39 heteroatoms. The minimum atomic E-state index is -4.48. The number of rotatable bonds is 12. The number of nitrogens with one attached hydrogen (secondary N) is 2. The van der Waals surface area contributed by atoms with Crippen molar-refractivity contribution in [3.8, 4) is 46.1 Å². The third kappa shape index (κ3) is 16.9. The number of carboxylic acid groups (broad SMARTS) is 1. The SMILES string of the molecule is Nc1nc(-c2cc(Br)ccn2)ns1.O=C(Nc1nc(-c2cc(On3nnc4cccnc43)ccn2)ns1)c1ccc(C(F)(F)F)cc1.O=C(Nc1nc(-c2cc(On3nnc4cccnc43)ccn2)ns1)c1ccc(C(F)(F)F)cc1.O=C(O)c1ccc(C(F)(F)F)cc1. The Morgan fingerprint density at radius 3 is 1.24 bits per heavy atom. The largest absolute Gasteiger partial charge is 0.478 e. The lowest BCUT2D eigenvalue weighted by Gasteiger charge is -2.07. The van der Waals surface area contributed by atoms with Crippen molar-refractivity contribution >= 4 is 106 Å². The number of carbonyl (C=O) groups is 3. The van der Waals surface area contributed by atoms with Gasteiger partial charge in [-0.1, -0.05) is 25.6 Å². The van der Waals surface area contributed by atoms with E-state index in [2.05, 4.69) is 100 Å². The normalized spacial score (nSPS) is 11.3. The second kappa shape index (κ2) is 28.4. The number of amides is 2. The van der Waals surface area contributed by atoms with Crippen LogP contribution in [0.3, 0.4) is 0 Å². The molecule has 0 aliphatic heterocycles. The third-order valence-electron chi connectivity index (χ3n) is 11.8. The fraction of sp³-hybridized carbons (Fsp3) is 0.0545. The van der Waals surface area contributed by atoms with E-state index in [-0.39, 0.29) is 38.6 Å². The van der Waals surface area contributed by atoms with Gasteiger partial charge in [-0.15, -0.1) is 10.2 Å². The number of hydrogen-bond donors (Lipinski definition) is 4. The lowest BCUT2D eigenvalue weighted by atomic mass is 10.1. The highest BCUT2D eigenvalue weighted by Crippen LogP contribution is 2.33. The smallest absolute Gasteiger partial charge is 0.416 e. The van der Waals surface area contributed by atoms with Gasteiger partial charge in [0.05, 0.1) is 22.3 Å². The molecule has 26 nitrogen and oxygen atoms in total. The Morgan fingerprint density at radius 2 is 0.862 bits per heavy atom. The van der Waals surface area contributed by atoms with Gasteiger partial charge in [0.15, 0.2) is 34.1 Å². The predicted molar refractivity (Wildman–Crippen MR) is 321 cm³/mol. The van der Waals surface area contributed by atoms with Crippen LogP contribution in [0.4, 0.5) is 54.9 Å². The number of alkyl halides is 9. The van der Waals surface area contributed by atoms with Gasteiger partial charge in [-0.3, -0.25) is 35.2 Å². The summed E-state index contributed by atoms with van der Waals surface area (Å²) in [6.45, 7) is 0. The first-order valence-corrected chi connectivity index (χ1v) is 28.9. The lowest BCUT2D eigenvalue weighted by Crippen LogP contribution is -2.12. The number of fused-ring (bicyclic) bond motifs is 2. The predicted octanol–water partition coefficient (Wildman–Crippen LogP) is 12.1. The number of aromatic carboxylic acids is 1. The average molecular weight is 1420 g/mol. The maximum atomic E-state index is 12.7. The van der Waals surface area contributed by atoms with Crippen molar-refractivity contribution in [1.82, 2.24) is 83.3 Å². The minimum Gasteiger partial charge on any atom is -0.478 e. The van der Waals surface area contributed by atoms with Crippen LogP contribution in [0.5, 0.6) is 11.5 Å². The molecule has 10 heterocycles. The van der Waals surface area contributed by atoms with Crippen LogP contribution in [-0.4, -0.2) is 106 Å². The second-order valence-electron chi connectivity index (χ2n) is 18.2. The Hall–Kier alpha value is -11.5. The topological polar surface area (TPSA) is 343 Å². The van der Waals surface area contributed by atoms with Gasteiger partial charge in [-0.05, 0) is 120 Å². The molecule has 94 heavy (non-hydrogen) atoms. The van der Waals surface area contributed by atoms with Crippen molar-refractivity contribution in [2.75, 3.05) is 16.4 Å². The highest BCUT2D eigenvalue weighted by atomic mass is 79.9. The Labute approximate surface area is 538 Å². The molecule has 13 aromatic rings. The molecule has 0 spiro atoms. The first kappa shape index (κ1) is 65.5. The Bertz CT molecular complexity index is 4580. The molecule has 0 saturated heterocycles. The number of benzene rings is 3. The summed E-state index contributed by atoms with van der Waals surface area (Å²) in [6, 6.07) is 28.0. The maximum absolute atomic E-state index is 12.7. The molecule has 0 aliphatic rings. The number of nitrogen functional groups attached to an aromatic ring is 1. The van der Waals surface area contributed by atoms with Crippen LogP contribution in [0.1, 0.15) is 47.8 Å². The summed E-state index contributed by atoms with van der Waals surface area (Å²) in [5.74, 6) is -0.726. The van der Waals surface area contributed by atoms with Crippen LogP contribution in [0.15, 0.2) is 169 Å². The van der Waals surface area contributed by atoms with E-state index in [1.54, 1.807) is 67.1 Å². The molecule has 2 amide bonds. The van der Waals surface area contributed by atoms with Gasteiger partial charge >= 0.3 is 24.5 Å².